The molecule has 0 radical (unpaired) electrons. The van der Waals surface area contributed by atoms with Crippen molar-refractivity contribution >= 4 is 17.9 Å². The lowest BCUT2D eigenvalue weighted by Gasteiger charge is -2.08. The molecule has 0 atom stereocenters. The molecule has 0 aromatic carbocycles. The van der Waals surface area contributed by atoms with Crippen LogP contribution in [-0.2, 0) is 14.3 Å². The van der Waals surface area contributed by atoms with E-state index in [4.69, 9.17) is 0 Å². The zero-order chi connectivity index (χ0) is 12.1. The van der Waals surface area contributed by atoms with Crippen LogP contribution in [0.15, 0.2) is 0 Å². The van der Waals surface area contributed by atoms with Crippen molar-refractivity contribution < 1.29 is 32.3 Å². The van der Waals surface area contributed by atoms with Crippen molar-refractivity contribution in [2.75, 3.05) is 6.61 Å². The van der Waals surface area contributed by atoms with Gasteiger partial charge in [0.2, 0.25) is 0 Å². The quantitative estimate of drug-likeness (QED) is 0.516. The first kappa shape index (κ1) is 13.0. The molecule has 0 saturated carbocycles. The highest BCUT2D eigenvalue weighted by Gasteiger charge is 2.38. The molecule has 15 heavy (non-hydrogen) atoms. The van der Waals surface area contributed by atoms with E-state index in [0.29, 0.717) is 0 Å². The van der Waals surface area contributed by atoms with E-state index in [1.165, 1.54) is 5.43 Å². The Morgan fingerprint density at radius 3 is 2.13 bits per heavy atom. The number of hydrogen-bond donors (Lipinski definition) is 3. The summed E-state index contributed by atoms with van der Waals surface area (Å²) in [6, 6.07) is 0. The summed E-state index contributed by atoms with van der Waals surface area (Å²) >= 11 is 0. The van der Waals surface area contributed by atoms with E-state index in [9.17, 15) is 27.6 Å². The molecule has 10 heteroatoms. The summed E-state index contributed by atoms with van der Waals surface area (Å²) in [7, 11) is 0. The third-order valence-corrected chi connectivity index (χ3v) is 0.918. The van der Waals surface area contributed by atoms with Gasteiger partial charge in [-0.2, -0.15) is 13.2 Å². The van der Waals surface area contributed by atoms with Crippen LogP contribution >= 0.6 is 0 Å². The Balaban J connectivity index is 3.82. The van der Waals surface area contributed by atoms with Gasteiger partial charge in [-0.3, -0.25) is 20.4 Å². The van der Waals surface area contributed by atoms with Crippen LogP contribution in [0.5, 0.6) is 0 Å². The van der Waals surface area contributed by atoms with Crippen LogP contribution in [0.1, 0.15) is 0 Å². The van der Waals surface area contributed by atoms with E-state index >= 15 is 0 Å². The second-order valence-electron chi connectivity index (χ2n) is 2.11. The molecule has 0 aromatic heterocycles. The summed E-state index contributed by atoms with van der Waals surface area (Å²) in [6.45, 7) is -0.895. The number of ether oxygens (including phenoxy) is 1. The summed E-state index contributed by atoms with van der Waals surface area (Å²) in [5, 5.41) is 0. The van der Waals surface area contributed by atoms with Gasteiger partial charge in [-0.05, 0) is 0 Å². The van der Waals surface area contributed by atoms with Crippen molar-refractivity contribution in [3.05, 3.63) is 0 Å². The average molecular weight is 229 g/mol. The Morgan fingerprint density at radius 2 is 1.73 bits per heavy atom. The minimum absolute atomic E-state index is 0.895. The third-order valence-electron chi connectivity index (χ3n) is 0.918. The fourth-order valence-electron chi connectivity index (χ4n) is 0.370. The number of carbonyl (C=O) groups is 3. The van der Waals surface area contributed by atoms with Gasteiger partial charge in [-0.15, -0.1) is 0 Å². The topological polar surface area (TPSA) is 111 Å². The molecule has 3 amide bonds. The lowest BCUT2D eigenvalue weighted by molar-refractivity contribution is -0.175. The Morgan fingerprint density at radius 1 is 1.20 bits per heavy atom. The van der Waals surface area contributed by atoms with Crippen molar-refractivity contribution in [1.29, 1.82) is 0 Å². The maximum atomic E-state index is 11.5. The molecular weight excluding hydrogens is 223 g/mol. The molecule has 0 aromatic rings. The van der Waals surface area contributed by atoms with Gasteiger partial charge in [-0.1, -0.05) is 0 Å². The van der Waals surface area contributed by atoms with Crippen LogP contribution in [0.25, 0.3) is 0 Å². The molecule has 0 heterocycles. The molecule has 0 bridgehead atoms. The summed E-state index contributed by atoms with van der Waals surface area (Å²) in [6.07, 6.45) is -6.38. The molecule has 0 aliphatic heterocycles. The van der Waals surface area contributed by atoms with E-state index in [1.54, 1.807) is 0 Å². The van der Waals surface area contributed by atoms with Crippen molar-refractivity contribution in [3.8, 4) is 0 Å². The largest absolute Gasteiger partial charge is 0.472 e. The summed E-state index contributed by atoms with van der Waals surface area (Å²) in [4.78, 5) is 30.6. The van der Waals surface area contributed by atoms with Gasteiger partial charge in [0.1, 0.15) is 0 Å². The minimum Gasteiger partial charge on any atom is -0.440 e. The van der Waals surface area contributed by atoms with Crippen molar-refractivity contribution in [2.45, 2.75) is 6.18 Å². The number of nitrogens with two attached hydrogens (primary N) is 1. The second-order valence-corrected chi connectivity index (χ2v) is 2.11. The van der Waals surface area contributed by atoms with Crippen LogP contribution in [-0.4, -0.2) is 30.7 Å². The Bertz CT molecular complexity index is 277. The zero-order valence-corrected chi connectivity index (χ0v) is 7.05. The molecule has 0 saturated heterocycles. The maximum Gasteiger partial charge on any atom is 0.472 e. The summed E-state index contributed by atoms with van der Waals surface area (Å²) in [5.41, 5.74) is 6.86. The maximum absolute atomic E-state index is 11.5. The van der Waals surface area contributed by atoms with Gasteiger partial charge in [0.15, 0.2) is 6.61 Å². The van der Waals surface area contributed by atoms with Crippen LogP contribution in [0.2, 0.25) is 0 Å². The lowest BCUT2D eigenvalue weighted by atomic mass is 10.6. The fourth-order valence-corrected chi connectivity index (χ4v) is 0.370. The first-order valence-corrected chi connectivity index (χ1v) is 3.31. The number of amides is 3. The van der Waals surface area contributed by atoms with Crippen molar-refractivity contribution in [3.63, 3.8) is 0 Å². The van der Waals surface area contributed by atoms with Gasteiger partial charge in [0, 0.05) is 0 Å². The Kier molecular flexibility index (Phi) is 4.35. The molecule has 0 aliphatic rings. The number of rotatable bonds is 2. The van der Waals surface area contributed by atoms with Gasteiger partial charge < -0.3 is 10.5 Å². The van der Waals surface area contributed by atoms with E-state index in [2.05, 4.69) is 10.5 Å². The lowest BCUT2D eigenvalue weighted by Crippen LogP contribution is -2.49. The molecule has 0 fully saturated rings. The zero-order valence-electron chi connectivity index (χ0n) is 7.05. The van der Waals surface area contributed by atoms with E-state index in [0.717, 1.165) is 5.43 Å². The second kappa shape index (κ2) is 5.02. The molecule has 0 unspecified atom stereocenters. The highest BCUT2D eigenvalue weighted by molar-refractivity contribution is 5.86. The SMILES string of the molecule is NC(=O)OCC(=O)NNC(=O)C(F)(F)F. The van der Waals surface area contributed by atoms with Crippen molar-refractivity contribution in [1.82, 2.24) is 10.9 Å². The number of primary amides is 1. The number of alkyl halides is 3. The van der Waals surface area contributed by atoms with Gasteiger partial charge in [0.25, 0.3) is 5.91 Å². The van der Waals surface area contributed by atoms with Crippen LogP contribution in [0.3, 0.4) is 0 Å². The highest BCUT2D eigenvalue weighted by Crippen LogP contribution is 2.13. The molecule has 0 rings (SSSR count). The Hall–Kier alpha value is -2.00. The smallest absolute Gasteiger partial charge is 0.440 e. The van der Waals surface area contributed by atoms with Crippen LogP contribution in [0, 0.1) is 0 Å². The molecule has 0 spiro atoms. The first-order valence-electron chi connectivity index (χ1n) is 3.31. The molecule has 7 nitrogen and oxygen atoms in total. The minimum atomic E-state index is -5.11. The summed E-state index contributed by atoms with van der Waals surface area (Å²) < 4.78 is 38.6. The average Bonchev–Trinajstić information content (AvgIpc) is 2.09. The molecule has 86 valence electrons. The van der Waals surface area contributed by atoms with Crippen LogP contribution < -0.4 is 16.6 Å². The number of hydrogen-bond acceptors (Lipinski definition) is 4. The van der Waals surface area contributed by atoms with Gasteiger partial charge in [-0.25, -0.2) is 4.79 Å². The number of halogens is 3. The molecular formula is C5H6F3N3O4. The van der Waals surface area contributed by atoms with Gasteiger partial charge in [0.05, 0.1) is 0 Å². The Labute approximate surface area is 80.7 Å². The third kappa shape index (κ3) is 6.12. The van der Waals surface area contributed by atoms with E-state index in [-0.39, 0.29) is 0 Å². The molecule has 0 aliphatic carbocycles. The van der Waals surface area contributed by atoms with E-state index < -0.39 is 30.7 Å². The normalized spacial score (nSPS) is 10.3. The number of hydrazine groups is 1. The van der Waals surface area contributed by atoms with Gasteiger partial charge >= 0.3 is 18.2 Å². The predicted octanol–water partition coefficient (Wildman–Crippen LogP) is -1.21. The standard InChI is InChI=1S/C5H6F3N3O4/c6-5(7,8)3(13)11-10-2(12)1-15-4(9)14/h1H2,(H2,9,14)(H,10,12)(H,11,13). The number of nitrogens with one attached hydrogen (secondary N) is 2. The number of carbonyl (C=O) groups excluding carboxylic acids is 3. The summed E-state index contributed by atoms with van der Waals surface area (Å²) in [5.74, 6) is -3.51. The monoisotopic (exact) mass is 229 g/mol. The van der Waals surface area contributed by atoms with Crippen molar-refractivity contribution in [2.24, 2.45) is 5.73 Å². The van der Waals surface area contributed by atoms with E-state index in [1.807, 2.05) is 0 Å². The highest BCUT2D eigenvalue weighted by atomic mass is 19.4. The first-order chi connectivity index (χ1) is 6.73. The predicted molar refractivity (Wildman–Crippen MR) is 37.9 cm³/mol. The fraction of sp³-hybridized carbons (Fsp3) is 0.400. The molecule has 4 N–H and O–H groups in total. The van der Waals surface area contributed by atoms with Crippen LogP contribution in [0.4, 0.5) is 18.0 Å².